The Morgan fingerprint density at radius 2 is 1.95 bits per heavy atom. The highest BCUT2D eigenvalue weighted by Crippen LogP contribution is 2.16. The molecular formula is C15H14BrNO2S. The Morgan fingerprint density at radius 3 is 2.65 bits per heavy atom. The van der Waals surface area contributed by atoms with E-state index in [1.807, 2.05) is 36.4 Å². The van der Waals surface area contributed by atoms with Crippen molar-refractivity contribution in [1.82, 2.24) is 0 Å². The van der Waals surface area contributed by atoms with Crippen molar-refractivity contribution < 1.29 is 9.00 Å². The van der Waals surface area contributed by atoms with Gasteiger partial charge in [-0.3, -0.25) is 9.00 Å². The lowest BCUT2D eigenvalue weighted by Crippen LogP contribution is -2.12. The highest BCUT2D eigenvalue weighted by molar-refractivity contribution is 9.10. The zero-order valence-electron chi connectivity index (χ0n) is 10.9. The van der Waals surface area contributed by atoms with Crippen molar-refractivity contribution in [2.24, 2.45) is 0 Å². The topological polar surface area (TPSA) is 46.2 Å². The van der Waals surface area contributed by atoms with E-state index in [1.54, 1.807) is 18.4 Å². The minimum Gasteiger partial charge on any atom is -0.322 e. The fraction of sp³-hybridized carbons (Fsp3) is 0.133. The first-order chi connectivity index (χ1) is 9.54. The molecule has 0 aromatic heterocycles. The Balaban J connectivity index is 2.13. The van der Waals surface area contributed by atoms with Gasteiger partial charge in [-0.25, -0.2) is 0 Å². The van der Waals surface area contributed by atoms with Crippen LogP contribution in [0.15, 0.2) is 53.0 Å². The largest absolute Gasteiger partial charge is 0.322 e. The first-order valence-electron chi connectivity index (χ1n) is 6.00. The van der Waals surface area contributed by atoms with E-state index in [9.17, 15) is 9.00 Å². The van der Waals surface area contributed by atoms with Crippen molar-refractivity contribution in [2.45, 2.75) is 5.75 Å². The third-order valence-electron chi connectivity index (χ3n) is 2.64. The van der Waals surface area contributed by atoms with Crippen LogP contribution in [0.4, 0.5) is 5.69 Å². The summed E-state index contributed by atoms with van der Waals surface area (Å²) in [5, 5.41) is 2.84. The molecule has 0 aliphatic carbocycles. The van der Waals surface area contributed by atoms with E-state index in [-0.39, 0.29) is 5.91 Å². The Kier molecular flexibility index (Phi) is 5.09. The van der Waals surface area contributed by atoms with E-state index in [4.69, 9.17) is 0 Å². The van der Waals surface area contributed by atoms with Crippen LogP contribution in [0.5, 0.6) is 0 Å². The maximum absolute atomic E-state index is 12.1. The van der Waals surface area contributed by atoms with Crippen LogP contribution in [-0.2, 0) is 16.6 Å². The molecule has 3 nitrogen and oxygen atoms in total. The zero-order valence-corrected chi connectivity index (χ0v) is 13.3. The lowest BCUT2D eigenvalue weighted by Gasteiger charge is -2.07. The summed E-state index contributed by atoms with van der Waals surface area (Å²) in [6, 6.07) is 14.6. The van der Waals surface area contributed by atoms with Gasteiger partial charge in [-0.1, -0.05) is 34.1 Å². The van der Waals surface area contributed by atoms with E-state index in [0.717, 1.165) is 10.0 Å². The number of benzene rings is 2. The second kappa shape index (κ2) is 6.81. The summed E-state index contributed by atoms with van der Waals surface area (Å²) in [7, 11) is -0.895. The van der Waals surface area contributed by atoms with Crippen LogP contribution in [0.2, 0.25) is 0 Å². The van der Waals surface area contributed by atoms with Gasteiger partial charge in [0.15, 0.2) is 0 Å². The zero-order chi connectivity index (χ0) is 14.5. The Morgan fingerprint density at radius 1 is 1.20 bits per heavy atom. The molecule has 0 radical (unpaired) electrons. The molecule has 0 aliphatic heterocycles. The molecule has 20 heavy (non-hydrogen) atoms. The molecule has 0 bridgehead atoms. The van der Waals surface area contributed by atoms with Crippen molar-refractivity contribution >= 4 is 38.3 Å². The normalized spacial score (nSPS) is 11.9. The standard InChI is InChI=1S/C15H14BrNO2S/c1-20(19)10-11-4-2-7-14(8-11)17-15(18)12-5-3-6-13(16)9-12/h2-9H,10H2,1H3,(H,17,18). The van der Waals surface area contributed by atoms with E-state index in [0.29, 0.717) is 17.0 Å². The molecule has 0 saturated carbocycles. The molecule has 1 N–H and O–H groups in total. The second-order valence-electron chi connectivity index (χ2n) is 4.38. The van der Waals surface area contributed by atoms with Gasteiger partial charge in [-0.15, -0.1) is 0 Å². The van der Waals surface area contributed by atoms with Gasteiger partial charge in [-0.2, -0.15) is 0 Å². The first-order valence-corrected chi connectivity index (χ1v) is 8.52. The summed E-state index contributed by atoms with van der Waals surface area (Å²) in [5.41, 5.74) is 2.24. The first kappa shape index (κ1) is 14.9. The predicted molar refractivity (Wildman–Crippen MR) is 86.3 cm³/mol. The molecular weight excluding hydrogens is 338 g/mol. The summed E-state index contributed by atoms with van der Waals surface area (Å²) < 4.78 is 12.1. The van der Waals surface area contributed by atoms with Gasteiger partial charge in [0.2, 0.25) is 0 Å². The van der Waals surface area contributed by atoms with Crippen molar-refractivity contribution in [3.8, 4) is 0 Å². The van der Waals surface area contributed by atoms with E-state index < -0.39 is 10.8 Å². The quantitative estimate of drug-likeness (QED) is 0.914. The molecule has 0 saturated heterocycles. The number of hydrogen-bond donors (Lipinski definition) is 1. The lowest BCUT2D eigenvalue weighted by atomic mass is 10.2. The van der Waals surface area contributed by atoms with Crippen LogP contribution >= 0.6 is 15.9 Å². The monoisotopic (exact) mass is 351 g/mol. The molecule has 2 aromatic rings. The summed E-state index contributed by atoms with van der Waals surface area (Å²) in [6.07, 6.45) is 1.66. The van der Waals surface area contributed by atoms with Crippen LogP contribution < -0.4 is 5.32 Å². The van der Waals surface area contributed by atoms with E-state index in [1.165, 1.54) is 0 Å². The number of rotatable bonds is 4. The van der Waals surface area contributed by atoms with Crippen LogP contribution in [-0.4, -0.2) is 16.4 Å². The molecule has 0 aliphatic rings. The number of halogens is 1. The molecule has 0 heterocycles. The summed E-state index contributed by atoms with van der Waals surface area (Å²) in [4.78, 5) is 12.1. The molecule has 1 unspecified atom stereocenters. The highest BCUT2D eigenvalue weighted by atomic mass is 79.9. The number of hydrogen-bond acceptors (Lipinski definition) is 2. The van der Waals surface area contributed by atoms with Gasteiger partial charge in [-0.05, 0) is 35.9 Å². The number of anilines is 1. The maximum Gasteiger partial charge on any atom is 0.255 e. The third-order valence-corrected chi connectivity index (χ3v) is 3.87. The number of carbonyl (C=O) groups is 1. The molecule has 1 atom stereocenters. The second-order valence-corrected chi connectivity index (χ2v) is 6.73. The minimum absolute atomic E-state index is 0.166. The molecule has 104 valence electrons. The molecule has 2 aromatic carbocycles. The van der Waals surface area contributed by atoms with Gasteiger partial charge in [0.25, 0.3) is 5.91 Å². The van der Waals surface area contributed by atoms with E-state index in [2.05, 4.69) is 21.2 Å². The fourth-order valence-corrected chi connectivity index (χ4v) is 2.85. The molecule has 5 heteroatoms. The van der Waals surface area contributed by atoms with Crippen LogP contribution in [0, 0.1) is 0 Å². The average molecular weight is 352 g/mol. The predicted octanol–water partition coefficient (Wildman–Crippen LogP) is 3.58. The van der Waals surface area contributed by atoms with Crippen molar-refractivity contribution in [3.05, 3.63) is 64.1 Å². The average Bonchev–Trinajstić information content (AvgIpc) is 2.38. The van der Waals surface area contributed by atoms with Crippen molar-refractivity contribution in [3.63, 3.8) is 0 Å². The summed E-state index contributed by atoms with van der Waals surface area (Å²) in [5.74, 6) is 0.321. The Labute approximate surface area is 129 Å². The number of carbonyl (C=O) groups excluding carboxylic acids is 1. The van der Waals surface area contributed by atoms with Gasteiger partial charge in [0, 0.05) is 38.5 Å². The smallest absolute Gasteiger partial charge is 0.255 e. The van der Waals surface area contributed by atoms with Crippen LogP contribution in [0.25, 0.3) is 0 Å². The van der Waals surface area contributed by atoms with Crippen molar-refractivity contribution in [2.75, 3.05) is 11.6 Å². The number of amides is 1. The third kappa shape index (κ3) is 4.28. The fourth-order valence-electron chi connectivity index (χ4n) is 1.81. The molecule has 0 spiro atoms. The van der Waals surface area contributed by atoms with Gasteiger partial charge in [0.05, 0.1) is 0 Å². The molecule has 1 amide bonds. The summed E-state index contributed by atoms with van der Waals surface area (Å²) >= 11 is 3.34. The Hall–Kier alpha value is -1.46. The lowest BCUT2D eigenvalue weighted by molar-refractivity contribution is 0.102. The summed E-state index contributed by atoms with van der Waals surface area (Å²) in [6.45, 7) is 0. The van der Waals surface area contributed by atoms with Crippen LogP contribution in [0.3, 0.4) is 0 Å². The molecule has 0 fully saturated rings. The minimum atomic E-state index is -0.895. The van der Waals surface area contributed by atoms with Gasteiger partial charge in [0.1, 0.15) is 0 Å². The SMILES string of the molecule is CS(=O)Cc1cccc(NC(=O)c2cccc(Br)c2)c1. The Bertz CT molecular complexity index is 658. The maximum atomic E-state index is 12.1. The van der Waals surface area contributed by atoms with Gasteiger partial charge >= 0.3 is 0 Å². The van der Waals surface area contributed by atoms with E-state index >= 15 is 0 Å². The van der Waals surface area contributed by atoms with Crippen molar-refractivity contribution in [1.29, 1.82) is 0 Å². The van der Waals surface area contributed by atoms with Gasteiger partial charge < -0.3 is 5.32 Å². The number of nitrogens with one attached hydrogen (secondary N) is 1. The highest BCUT2D eigenvalue weighted by Gasteiger charge is 2.07. The van der Waals surface area contributed by atoms with Crippen LogP contribution in [0.1, 0.15) is 15.9 Å². The molecule has 2 rings (SSSR count).